The SMILES string of the molecule is COc1cc(C#CC(C)C)cc(OC)c1C. The summed E-state index contributed by atoms with van der Waals surface area (Å²) in [6, 6.07) is 3.88. The quantitative estimate of drug-likeness (QED) is 0.710. The van der Waals surface area contributed by atoms with Crippen molar-refractivity contribution in [3.63, 3.8) is 0 Å². The van der Waals surface area contributed by atoms with Crippen molar-refractivity contribution in [3.05, 3.63) is 23.3 Å². The maximum atomic E-state index is 5.29. The van der Waals surface area contributed by atoms with Gasteiger partial charge in [-0.3, -0.25) is 0 Å². The first-order valence-electron chi connectivity index (χ1n) is 5.32. The molecule has 0 spiro atoms. The molecular weight excluding hydrogens is 200 g/mol. The Balaban J connectivity index is 3.18. The molecule has 0 saturated heterocycles. The first kappa shape index (κ1) is 12.4. The standard InChI is InChI=1S/C14H18O2/c1-10(2)6-7-12-8-13(15-4)11(3)14(9-12)16-5/h8-10H,1-5H3. The van der Waals surface area contributed by atoms with Gasteiger partial charge in [0.2, 0.25) is 0 Å². The molecule has 0 radical (unpaired) electrons. The molecule has 2 nitrogen and oxygen atoms in total. The van der Waals surface area contributed by atoms with Crippen molar-refractivity contribution < 1.29 is 9.47 Å². The predicted octanol–water partition coefficient (Wildman–Crippen LogP) is 3.02. The Labute approximate surface area is 97.6 Å². The summed E-state index contributed by atoms with van der Waals surface area (Å²) < 4.78 is 10.6. The third-order valence-electron chi connectivity index (χ3n) is 2.26. The van der Waals surface area contributed by atoms with Gasteiger partial charge in [0.05, 0.1) is 14.2 Å². The smallest absolute Gasteiger partial charge is 0.126 e. The van der Waals surface area contributed by atoms with Gasteiger partial charge in [-0.05, 0) is 19.1 Å². The number of hydrogen-bond donors (Lipinski definition) is 0. The van der Waals surface area contributed by atoms with Crippen LogP contribution in [0.4, 0.5) is 0 Å². The molecule has 0 aliphatic heterocycles. The van der Waals surface area contributed by atoms with Crippen LogP contribution in [0.3, 0.4) is 0 Å². The van der Waals surface area contributed by atoms with Crippen LogP contribution in [0.5, 0.6) is 11.5 Å². The summed E-state index contributed by atoms with van der Waals surface area (Å²) in [5.74, 6) is 8.22. The van der Waals surface area contributed by atoms with Gasteiger partial charge < -0.3 is 9.47 Å². The van der Waals surface area contributed by atoms with E-state index in [0.29, 0.717) is 5.92 Å². The molecule has 0 saturated carbocycles. The van der Waals surface area contributed by atoms with Gasteiger partial charge in [0, 0.05) is 17.0 Å². The summed E-state index contributed by atoms with van der Waals surface area (Å²) in [6.07, 6.45) is 0. The van der Waals surface area contributed by atoms with E-state index in [9.17, 15) is 0 Å². The van der Waals surface area contributed by atoms with Gasteiger partial charge in [-0.25, -0.2) is 0 Å². The Bertz CT molecular complexity index is 397. The van der Waals surface area contributed by atoms with E-state index in [-0.39, 0.29) is 0 Å². The van der Waals surface area contributed by atoms with Gasteiger partial charge in [-0.15, -0.1) is 0 Å². The van der Waals surface area contributed by atoms with Crippen molar-refractivity contribution in [1.82, 2.24) is 0 Å². The van der Waals surface area contributed by atoms with E-state index in [1.807, 2.05) is 19.1 Å². The maximum absolute atomic E-state index is 5.29. The first-order valence-corrected chi connectivity index (χ1v) is 5.32. The van der Waals surface area contributed by atoms with Crippen LogP contribution in [-0.2, 0) is 0 Å². The van der Waals surface area contributed by atoms with E-state index >= 15 is 0 Å². The van der Waals surface area contributed by atoms with Gasteiger partial charge >= 0.3 is 0 Å². The zero-order valence-corrected chi connectivity index (χ0v) is 10.5. The molecule has 86 valence electrons. The number of rotatable bonds is 2. The minimum atomic E-state index is 0.360. The third kappa shape index (κ3) is 2.93. The van der Waals surface area contributed by atoms with Crippen LogP contribution in [0.15, 0.2) is 12.1 Å². The van der Waals surface area contributed by atoms with E-state index in [2.05, 4.69) is 25.7 Å². The molecule has 0 aliphatic carbocycles. The summed E-state index contributed by atoms with van der Waals surface area (Å²) >= 11 is 0. The van der Waals surface area contributed by atoms with Crippen LogP contribution < -0.4 is 9.47 Å². The van der Waals surface area contributed by atoms with Crippen molar-refractivity contribution in [2.45, 2.75) is 20.8 Å². The van der Waals surface area contributed by atoms with Gasteiger partial charge in [-0.1, -0.05) is 25.7 Å². The second kappa shape index (κ2) is 5.46. The van der Waals surface area contributed by atoms with Crippen molar-refractivity contribution in [3.8, 4) is 23.3 Å². The van der Waals surface area contributed by atoms with Gasteiger partial charge in [0.1, 0.15) is 11.5 Å². The molecule has 0 aliphatic rings. The molecule has 0 unspecified atom stereocenters. The lowest BCUT2D eigenvalue weighted by Crippen LogP contribution is -1.94. The van der Waals surface area contributed by atoms with Gasteiger partial charge in [-0.2, -0.15) is 0 Å². The Morgan fingerprint density at radius 3 is 1.94 bits per heavy atom. The molecule has 1 rings (SSSR count). The summed E-state index contributed by atoms with van der Waals surface area (Å²) in [4.78, 5) is 0. The van der Waals surface area contributed by atoms with E-state index in [0.717, 1.165) is 22.6 Å². The van der Waals surface area contributed by atoms with Crippen LogP contribution in [0.2, 0.25) is 0 Å². The maximum Gasteiger partial charge on any atom is 0.126 e. The summed E-state index contributed by atoms with van der Waals surface area (Å²) in [7, 11) is 3.31. The highest BCUT2D eigenvalue weighted by atomic mass is 16.5. The molecule has 1 aromatic rings. The second-order valence-corrected chi connectivity index (χ2v) is 3.93. The molecule has 16 heavy (non-hydrogen) atoms. The second-order valence-electron chi connectivity index (χ2n) is 3.93. The third-order valence-corrected chi connectivity index (χ3v) is 2.26. The van der Waals surface area contributed by atoms with Gasteiger partial charge in [0.25, 0.3) is 0 Å². The normalized spacial score (nSPS) is 9.62. The summed E-state index contributed by atoms with van der Waals surface area (Å²) in [5.41, 5.74) is 1.92. The highest BCUT2D eigenvalue weighted by Crippen LogP contribution is 2.28. The Morgan fingerprint density at radius 1 is 1.06 bits per heavy atom. The molecule has 0 atom stereocenters. The van der Waals surface area contributed by atoms with Gasteiger partial charge in [0.15, 0.2) is 0 Å². The van der Waals surface area contributed by atoms with Crippen molar-refractivity contribution in [2.24, 2.45) is 5.92 Å². The fourth-order valence-electron chi connectivity index (χ4n) is 1.39. The Hall–Kier alpha value is -1.62. The number of ether oxygens (including phenoxy) is 2. The zero-order valence-electron chi connectivity index (χ0n) is 10.5. The number of hydrogen-bond acceptors (Lipinski definition) is 2. The average Bonchev–Trinajstić information content (AvgIpc) is 2.27. The van der Waals surface area contributed by atoms with Crippen molar-refractivity contribution in [1.29, 1.82) is 0 Å². The lowest BCUT2D eigenvalue weighted by molar-refractivity contribution is 0.388. The van der Waals surface area contributed by atoms with Crippen LogP contribution in [0.1, 0.15) is 25.0 Å². The largest absolute Gasteiger partial charge is 0.496 e. The van der Waals surface area contributed by atoms with E-state index < -0.39 is 0 Å². The van der Waals surface area contributed by atoms with Crippen molar-refractivity contribution in [2.75, 3.05) is 14.2 Å². The summed E-state index contributed by atoms with van der Waals surface area (Å²) in [5, 5.41) is 0. The molecular formula is C14H18O2. The fourth-order valence-corrected chi connectivity index (χ4v) is 1.39. The molecule has 1 aromatic carbocycles. The molecule has 0 N–H and O–H groups in total. The molecule has 0 amide bonds. The lowest BCUT2D eigenvalue weighted by atomic mass is 10.1. The van der Waals surface area contributed by atoms with Crippen LogP contribution >= 0.6 is 0 Å². The average molecular weight is 218 g/mol. The first-order chi connectivity index (χ1) is 7.58. The highest BCUT2D eigenvalue weighted by Gasteiger charge is 2.06. The molecule has 0 fully saturated rings. The van der Waals surface area contributed by atoms with Crippen molar-refractivity contribution >= 4 is 0 Å². The van der Waals surface area contributed by atoms with Crippen LogP contribution in [0, 0.1) is 24.7 Å². The minimum Gasteiger partial charge on any atom is -0.496 e. The molecule has 0 heterocycles. The number of methoxy groups -OCH3 is 2. The zero-order chi connectivity index (χ0) is 12.1. The fraction of sp³-hybridized carbons (Fsp3) is 0.429. The van der Waals surface area contributed by atoms with E-state index in [4.69, 9.17) is 9.47 Å². The topological polar surface area (TPSA) is 18.5 Å². The van der Waals surface area contributed by atoms with E-state index in [1.54, 1.807) is 14.2 Å². The summed E-state index contributed by atoms with van der Waals surface area (Å²) in [6.45, 7) is 6.10. The van der Waals surface area contributed by atoms with E-state index in [1.165, 1.54) is 0 Å². The molecule has 0 aromatic heterocycles. The Morgan fingerprint density at radius 2 is 1.56 bits per heavy atom. The monoisotopic (exact) mass is 218 g/mol. The molecule has 2 heteroatoms. The Kier molecular flexibility index (Phi) is 4.25. The highest BCUT2D eigenvalue weighted by molar-refractivity contribution is 5.52. The lowest BCUT2D eigenvalue weighted by Gasteiger charge is -2.10. The van der Waals surface area contributed by atoms with Crippen LogP contribution in [0.25, 0.3) is 0 Å². The number of benzene rings is 1. The minimum absolute atomic E-state index is 0.360. The predicted molar refractivity (Wildman–Crippen MR) is 66.0 cm³/mol. The van der Waals surface area contributed by atoms with Crippen LogP contribution in [-0.4, -0.2) is 14.2 Å². The molecule has 0 bridgehead atoms.